The molecule has 0 aliphatic carbocycles. The predicted molar refractivity (Wildman–Crippen MR) is 102 cm³/mol. The van der Waals surface area contributed by atoms with Gasteiger partial charge in [0.1, 0.15) is 0 Å². The number of hydrogen-bond acceptors (Lipinski definition) is 3. The Morgan fingerprint density at radius 3 is 2.39 bits per heavy atom. The molecule has 1 unspecified atom stereocenters. The molecule has 2 nitrogen and oxygen atoms in total. The second-order valence-electron chi connectivity index (χ2n) is 5.75. The summed E-state index contributed by atoms with van der Waals surface area (Å²) < 4.78 is 0. The molecule has 0 saturated heterocycles. The molecule has 0 amide bonds. The van der Waals surface area contributed by atoms with E-state index >= 15 is 0 Å². The highest BCUT2D eigenvalue weighted by Crippen LogP contribution is 2.20. The lowest BCUT2D eigenvalue weighted by Crippen LogP contribution is -2.29. The smallest absolute Gasteiger partial charge is 0.167 e. The highest BCUT2D eigenvalue weighted by atomic mass is 35.5. The van der Waals surface area contributed by atoms with E-state index in [2.05, 4.69) is 17.0 Å². The molecular formula is C19H24ClNOS. The van der Waals surface area contributed by atoms with Gasteiger partial charge in [0.15, 0.2) is 5.78 Å². The molecule has 0 fully saturated rings. The van der Waals surface area contributed by atoms with E-state index in [1.807, 2.05) is 62.8 Å². The lowest BCUT2D eigenvalue weighted by molar-refractivity contribution is 0.0896. The van der Waals surface area contributed by atoms with Crippen LogP contribution in [0.4, 0.5) is 0 Å². The van der Waals surface area contributed by atoms with Crippen LogP contribution in [0.25, 0.3) is 0 Å². The summed E-state index contributed by atoms with van der Waals surface area (Å²) in [6, 6.07) is 18.2. The van der Waals surface area contributed by atoms with E-state index in [4.69, 9.17) is 0 Å². The van der Waals surface area contributed by atoms with Crippen LogP contribution in [0.15, 0.2) is 59.5 Å². The van der Waals surface area contributed by atoms with E-state index in [9.17, 15) is 4.79 Å². The van der Waals surface area contributed by atoms with Gasteiger partial charge in [-0.05, 0) is 44.5 Å². The van der Waals surface area contributed by atoms with E-state index < -0.39 is 0 Å². The van der Waals surface area contributed by atoms with Crippen molar-refractivity contribution in [3.8, 4) is 0 Å². The average molecular weight is 350 g/mol. The fourth-order valence-electron chi connectivity index (χ4n) is 2.59. The Morgan fingerprint density at radius 2 is 1.78 bits per heavy atom. The van der Waals surface area contributed by atoms with Crippen molar-refractivity contribution in [1.82, 2.24) is 4.90 Å². The molecule has 2 aromatic carbocycles. The van der Waals surface area contributed by atoms with Crippen molar-refractivity contribution in [2.75, 3.05) is 26.9 Å². The summed E-state index contributed by atoms with van der Waals surface area (Å²) in [6.45, 7) is 0.761. The summed E-state index contributed by atoms with van der Waals surface area (Å²) in [5.41, 5.74) is 2.03. The molecule has 0 bridgehead atoms. The van der Waals surface area contributed by atoms with Gasteiger partial charge in [-0.3, -0.25) is 4.79 Å². The second kappa shape index (κ2) is 9.76. The third-order valence-corrected chi connectivity index (χ3v) is 4.36. The van der Waals surface area contributed by atoms with Crippen LogP contribution in [0.1, 0.15) is 15.9 Å². The van der Waals surface area contributed by atoms with Gasteiger partial charge in [0.25, 0.3) is 0 Å². The van der Waals surface area contributed by atoms with Crippen LogP contribution < -0.4 is 0 Å². The first-order valence-electron chi connectivity index (χ1n) is 7.47. The van der Waals surface area contributed by atoms with Gasteiger partial charge in [-0.25, -0.2) is 0 Å². The van der Waals surface area contributed by atoms with Crippen LogP contribution >= 0.6 is 24.2 Å². The third kappa shape index (κ3) is 6.02. The van der Waals surface area contributed by atoms with Crippen molar-refractivity contribution in [3.63, 3.8) is 0 Å². The Bertz CT molecular complexity index is 616. The highest BCUT2D eigenvalue weighted by molar-refractivity contribution is 7.98. The molecule has 2 aromatic rings. The van der Waals surface area contributed by atoms with Gasteiger partial charge >= 0.3 is 0 Å². The molecule has 1 atom stereocenters. The Balaban J connectivity index is 0.00000264. The van der Waals surface area contributed by atoms with Gasteiger partial charge < -0.3 is 4.90 Å². The van der Waals surface area contributed by atoms with Gasteiger partial charge in [-0.1, -0.05) is 42.5 Å². The summed E-state index contributed by atoms with van der Waals surface area (Å²) in [5, 5.41) is 0. The number of benzene rings is 2. The number of Topliss-reactive ketones (excluding diaryl/α,β-unsaturated/α-hetero) is 1. The van der Waals surface area contributed by atoms with Crippen molar-refractivity contribution in [2.45, 2.75) is 11.3 Å². The molecule has 0 heterocycles. The van der Waals surface area contributed by atoms with E-state index in [-0.39, 0.29) is 24.1 Å². The minimum atomic E-state index is -0.0190. The van der Waals surface area contributed by atoms with Crippen LogP contribution in [0.5, 0.6) is 0 Å². The summed E-state index contributed by atoms with van der Waals surface area (Å²) >= 11 is 1.67. The van der Waals surface area contributed by atoms with E-state index in [0.29, 0.717) is 0 Å². The van der Waals surface area contributed by atoms with Crippen molar-refractivity contribution in [2.24, 2.45) is 5.92 Å². The molecule has 4 heteroatoms. The Morgan fingerprint density at radius 1 is 1.09 bits per heavy atom. The van der Waals surface area contributed by atoms with Crippen LogP contribution in [0, 0.1) is 5.92 Å². The first-order valence-corrected chi connectivity index (χ1v) is 8.69. The second-order valence-corrected chi connectivity index (χ2v) is 6.62. The Labute approximate surface area is 149 Å². The maximum absolute atomic E-state index is 12.9. The number of halogens is 1. The fourth-order valence-corrected chi connectivity index (χ4v) is 3.05. The first kappa shape index (κ1) is 19.8. The van der Waals surface area contributed by atoms with E-state index in [1.165, 1.54) is 5.56 Å². The monoisotopic (exact) mass is 349 g/mol. The highest BCUT2D eigenvalue weighted by Gasteiger charge is 2.21. The largest absolute Gasteiger partial charge is 0.309 e. The number of rotatable bonds is 7. The van der Waals surface area contributed by atoms with Crippen LogP contribution in [0.3, 0.4) is 0 Å². The normalized spacial score (nSPS) is 11.8. The van der Waals surface area contributed by atoms with Gasteiger partial charge in [-0.15, -0.1) is 24.2 Å². The molecule has 23 heavy (non-hydrogen) atoms. The maximum atomic E-state index is 12.9. The lowest BCUT2D eigenvalue weighted by Gasteiger charge is -2.20. The molecule has 0 spiro atoms. The summed E-state index contributed by atoms with van der Waals surface area (Å²) in [7, 11) is 4.03. The lowest BCUT2D eigenvalue weighted by atomic mass is 9.91. The van der Waals surface area contributed by atoms with E-state index in [1.54, 1.807) is 11.8 Å². The van der Waals surface area contributed by atoms with Gasteiger partial charge in [-0.2, -0.15) is 0 Å². The number of thioether (sulfide) groups is 1. The minimum Gasteiger partial charge on any atom is -0.309 e. The number of nitrogens with zero attached hydrogens (tertiary/aromatic N) is 1. The zero-order chi connectivity index (χ0) is 15.9. The zero-order valence-corrected chi connectivity index (χ0v) is 15.5. The number of carbonyl (C=O) groups excluding carboxylic acids is 1. The molecule has 2 rings (SSSR count). The van der Waals surface area contributed by atoms with Gasteiger partial charge in [0, 0.05) is 22.9 Å². The summed E-state index contributed by atoms with van der Waals surface area (Å²) in [4.78, 5) is 16.1. The SMILES string of the molecule is CSc1cccc(C(=O)C(Cc2ccccc2)CN(C)C)c1.Cl. The average Bonchev–Trinajstić information content (AvgIpc) is 2.54. The van der Waals surface area contributed by atoms with Crippen molar-refractivity contribution < 1.29 is 4.79 Å². The molecule has 0 aliphatic heterocycles. The molecule has 124 valence electrons. The zero-order valence-electron chi connectivity index (χ0n) is 13.9. The standard InChI is InChI=1S/C19H23NOS.ClH/c1-20(2)14-17(12-15-8-5-4-6-9-15)19(21)16-10-7-11-18(13-16)22-3;/h4-11,13,17H,12,14H2,1-3H3;1H. The number of hydrogen-bond donors (Lipinski definition) is 0. The molecule has 0 aliphatic rings. The predicted octanol–water partition coefficient (Wildman–Crippen LogP) is 4.43. The topological polar surface area (TPSA) is 20.3 Å². The summed E-state index contributed by atoms with van der Waals surface area (Å²) in [5.74, 6) is 0.211. The van der Waals surface area contributed by atoms with Crippen molar-refractivity contribution in [1.29, 1.82) is 0 Å². The molecule has 0 N–H and O–H groups in total. The first-order chi connectivity index (χ1) is 10.6. The molecule has 0 aromatic heterocycles. The van der Waals surface area contributed by atoms with Crippen LogP contribution in [0.2, 0.25) is 0 Å². The van der Waals surface area contributed by atoms with Crippen LogP contribution in [-0.4, -0.2) is 37.6 Å². The van der Waals surface area contributed by atoms with Gasteiger partial charge in [0.05, 0.1) is 0 Å². The molecule has 0 saturated carbocycles. The Hall–Kier alpha value is -1.29. The van der Waals surface area contributed by atoms with Crippen molar-refractivity contribution in [3.05, 3.63) is 65.7 Å². The Kier molecular flexibility index (Phi) is 8.38. The quantitative estimate of drug-likeness (QED) is 0.544. The van der Waals surface area contributed by atoms with Crippen LogP contribution in [-0.2, 0) is 6.42 Å². The number of ketones is 1. The van der Waals surface area contributed by atoms with E-state index in [0.717, 1.165) is 23.4 Å². The third-order valence-electron chi connectivity index (χ3n) is 3.64. The number of carbonyl (C=O) groups is 1. The van der Waals surface area contributed by atoms with Crippen molar-refractivity contribution >= 4 is 30.0 Å². The fraction of sp³-hybridized carbons (Fsp3) is 0.316. The maximum Gasteiger partial charge on any atom is 0.167 e. The summed E-state index contributed by atoms with van der Waals surface area (Å²) in [6.07, 6.45) is 2.81. The minimum absolute atomic E-state index is 0. The molecular weight excluding hydrogens is 326 g/mol. The molecule has 0 radical (unpaired) electrons. The van der Waals surface area contributed by atoms with Gasteiger partial charge in [0.2, 0.25) is 0 Å².